The van der Waals surface area contributed by atoms with Gasteiger partial charge in [-0.15, -0.1) is 0 Å². The van der Waals surface area contributed by atoms with Crippen LogP contribution in [0.1, 0.15) is 39.0 Å². The van der Waals surface area contributed by atoms with Gasteiger partial charge in [0, 0.05) is 19.7 Å². The van der Waals surface area contributed by atoms with Gasteiger partial charge in [0.15, 0.2) is 0 Å². The molecule has 4 nitrogen and oxygen atoms in total. The Hall–Kier alpha value is -0.160. The molecule has 3 heterocycles. The van der Waals surface area contributed by atoms with Crippen LogP contribution in [0, 0.1) is 5.92 Å². The second kappa shape index (κ2) is 6.30. The molecule has 4 heteroatoms. The Morgan fingerprint density at radius 3 is 2.40 bits per heavy atom. The molecule has 2 atom stereocenters. The van der Waals surface area contributed by atoms with Gasteiger partial charge in [0.25, 0.3) is 0 Å². The summed E-state index contributed by atoms with van der Waals surface area (Å²) in [4.78, 5) is 5.31. The highest BCUT2D eigenvalue weighted by atomic mass is 16.5. The molecule has 0 amide bonds. The molecule has 0 bridgehead atoms. The van der Waals surface area contributed by atoms with Crippen LogP contribution >= 0.6 is 0 Å². The summed E-state index contributed by atoms with van der Waals surface area (Å²) in [5.74, 6) is 0.900. The zero-order valence-corrected chi connectivity index (χ0v) is 13.0. The van der Waals surface area contributed by atoms with Gasteiger partial charge in [-0.05, 0) is 71.1 Å². The summed E-state index contributed by atoms with van der Waals surface area (Å²) in [7, 11) is 0. The van der Waals surface area contributed by atoms with E-state index in [1.807, 2.05) is 0 Å². The van der Waals surface area contributed by atoms with Crippen LogP contribution in [0.2, 0.25) is 0 Å². The average molecular weight is 281 g/mol. The second-order valence-corrected chi connectivity index (χ2v) is 7.01. The van der Waals surface area contributed by atoms with Crippen LogP contribution in [-0.4, -0.2) is 67.3 Å². The molecule has 0 radical (unpaired) electrons. The molecule has 3 fully saturated rings. The molecule has 2 N–H and O–H groups in total. The third-order valence-corrected chi connectivity index (χ3v) is 5.97. The molecule has 0 aromatic heterocycles. The molecule has 0 aromatic carbocycles. The highest BCUT2D eigenvalue weighted by Crippen LogP contribution is 2.34. The van der Waals surface area contributed by atoms with Crippen molar-refractivity contribution in [3.63, 3.8) is 0 Å². The van der Waals surface area contributed by atoms with E-state index in [1.165, 1.54) is 58.4 Å². The third-order valence-electron chi connectivity index (χ3n) is 5.97. The lowest BCUT2D eigenvalue weighted by atomic mass is 9.85. The van der Waals surface area contributed by atoms with Gasteiger partial charge in [-0.3, -0.25) is 4.90 Å². The molecule has 0 spiro atoms. The largest absolute Gasteiger partial charge is 0.376 e. The van der Waals surface area contributed by atoms with Gasteiger partial charge in [-0.1, -0.05) is 0 Å². The average Bonchev–Trinajstić information content (AvgIpc) is 3.10. The van der Waals surface area contributed by atoms with Gasteiger partial charge in [0.1, 0.15) is 0 Å². The van der Waals surface area contributed by atoms with E-state index in [-0.39, 0.29) is 5.54 Å². The summed E-state index contributed by atoms with van der Waals surface area (Å²) < 4.78 is 5.82. The minimum atomic E-state index is 0.124. The normalized spacial score (nSPS) is 37.8. The first-order chi connectivity index (χ1) is 9.74. The maximum absolute atomic E-state index is 6.13. The highest BCUT2D eigenvalue weighted by Gasteiger charge is 2.46. The molecular weight excluding hydrogens is 250 g/mol. The smallest absolute Gasteiger partial charge is 0.0743 e. The number of piperidine rings is 1. The van der Waals surface area contributed by atoms with Gasteiger partial charge in [-0.2, -0.15) is 0 Å². The van der Waals surface area contributed by atoms with Crippen LogP contribution in [0.3, 0.4) is 0 Å². The number of hydrogen-bond acceptors (Lipinski definition) is 4. The van der Waals surface area contributed by atoms with Crippen molar-refractivity contribution in [1.29, 1.82) is 0 Å². The van der Waals surface area contributed by atoms with Gasteiger partial charge < -0.3 is 15.4 Å². The van der Waals surface area contributed by atoms with Gasteiger partial charge in [-0.25, -0.2) is 0 Å². The fraction of sp³-hybridized carbons (Fsp3) is 1.00. The number of nitrogens with two attached hydrogens (primary N) is 1. The first kappa shape index (κ1) is 14.8. The molecule has 116 valence electrons. The molecule has 2 unspecified atom stereocenters. The molecule has 0 aliphatic carbocycles. The number of rotatable bonds is 4. The fourth-order valence-electron chi connectivity index (χ4n) is 4.47. The van der Waals surface area contributed by atoms with Crippen LogP contribution in [0.5, 0.6) is 0 Å². The van der Waals surface area contributed by atoms with Crippen molar-refractivity contribution >= 4 is 0 Å². The van der Waals surface area contributed by atoms with E-state index in [4.69, 9.17) is 10.5 Å². The molecule has 0 saturated carbocycles. The SMILES string of the molecule is CC1OCCC1(CN)N1CCC(CN2CCCC2)CC1. The van der Waals surface area contributed by atoms with Gasteiger partial charge in [0.05, 0.1) is 11.6 Å². The number of likely N-dealkylation sites (tertiary alicyclic amines) is 2. The van der Waals surface area contributed by atoms with Crippen LogP contribution in [0.25, 0.3) is 0 Å². The molecule has 3 aliphatic rings. The Bertz CT molecular complexity index is 311. The minimum absolute atomic E-state index is 0.124. The summed E-state index contributed by atoms with van der Waals surface area (Å²) >= 11 is 0. The quantitative estimate of drug-likeness (QED) is 0.843. The monoisotopic (exact) mass is 281 g/mol. The van der Waals surface area contributed by atoms with E-state index < -0.39 is 0 Å². The van der Waals surface area contributed by atoms with E-state index in [0.717, 1.165) is 25.5 Å². The van der Waals surface area contributed by atoms with E-state index >= 15 is 0 Å². The summed E-state index contributed by atoms with van der Waals surface area (Å²) in [6.07, 6.45) is 6.90. The Morgan fingerprint density at radius 1 is 1.15 bits per heavy atom. The first-order valence-corrected chi connectivity index (χ1v) is 8.54. The summed E-state index contributed by atoms with van der Waals surface area (Å²) in [6.45, 7) is 10.2. The van der Waals surface area contributed by atoms with Crippen molar-refractivity contribution in [2.45, 2.75) is 50.7 Å². The lowest BCUT2D eigenvalue weighted by Gasteiger charge is -2.46. The second-order valence-electron chi connectivity index (χ2n) is 7.01. The standard InChI is InChI=1S/C16H31N3O/c1-14-16(13-17,6-11-20-14)19-9-4-15(5-10-19)12-18-7-2-3-8-18/h14-15H,2-13,17H2,1H3. The van der Waals surface area contributed by atoms with Crippen molar-refractivity contribution in [3.05, 3.63) is 0 Å². The van der Waals surface area contributed by atoms with E-state index in [1.54, 1.807) is 0 Å². The molecule has 3 rings (SSSR count). The lowest BCUT2D eigenvalue weighted by molar-refractivity contribution is -0.00593. The molecule has 3 aliphatic heterocycles. The minimum Gasteiger partial charge on any atom is -0.376 e. The Morgan fingerprint density at radius 2 is 1.85 bits per heavy atom. The molecular formula is C16H31N3O. The molecule has 0 aromatic rings. The van der Waals surface area contributed by atoms with Crippen LogP contribution in [0.15, 0.2) is 0 Å². The van der Waals surface area contributed by atoms with Crippen LogP contribution in [-0.2, 0) is 4.74 Å². The number of hydrogen-bond donors (Lipinski definition) is 1. The number of ether oxygens (including phenoxy) is 1. The summed E-state index contributed by atoms with van der Waals surface area (Å²) in [5.41, 5.74) is 6.25. The van der Waals surface area contributed by atoms with Crippen LogP contribution in [0.4, 0.5) is 0 Å². The zero-order valence-electron chi connectivity index (χ0n) is 13.0. The first-order valence-electron chi connectivity index (χ1n) is 8.54. The predicted molar refractivity (Wildman–Crippen MR) is 81.8 cm³/mol. The highest BCUT2D eigenvalue weighted by molar-refractivity contribution is 5.01. The van der Waals surface area contributed by atoms with Crippen molar-refractivity contribution in [2.24, 2.45) is 11.7 Å². The van der Waals surface area contributed by atoms with E-state index in [9.17, 15) is 0 Å². The van der Waals surface area contributed by atoms with E-state index in [2.05, 4.69) is 16.7 Å². The summed E-state index contributed by atoms with van der Waals surface area (Å²) in [6, 6.07) is 0. The zero-order chi connectivity index (χ0) is 14.0. The van der Waals surface area contributed by atoms with Gasteiger partial charge >= 0.3 is 0 Å². The molecule has 20 heavy (non-hydrogen) atoms. The predicted octanol–water partition coefficient (Wildman–Crippen LogP) is 1.30. The maximum Gasteiger partial charge on any atom is 0.0743 e. The van der Waals surface area contributed by atoms with E-state index in [0.29, 0.717) is 6.10 Å². The Kier molecular flexibility index (Phi) is 4.65. The Balaban J connectivity index is 1.52. The van der Waals surface area contributed by atoms with Crippen molar-refractivity contribution in [2.75, 3.05) is 45.9 Å². The topological polar surface area (TPSA) is 41.7 Å². The lowest BCUT2D eigenvalue weighted by Crippen LogP contribution is -2.60. The third kappa shape index (κ3) is 2.76. The Labute approximate surface area is 123 Å². The van der Waals surface area contributed by atoms with Gasteiger partial charge in [0.2, 0.25) is 0 Å². The van der Waals surface area contributed by atoms with Crippen molar-refractivity contribution in [3.8, 4) is 0 Å². The van der Waals surface area contributed by atoms with Crippen molar-refractivity contribution in [1.82, 2.24) is 9.80 Å². The summed E-state index contributed by atoms with van der Waals surface area (Å²) in [5, 5.41) is 0. The van der Waals surface area contributed by atoms with Crippen molar-refractivity contribution < 1.29 is 4.74 Å². The maximum atomic E-state index is 6.13. The fourth-order valence-corrected chi connectivity index (χ4v) is 4.47. The van der Waals surface area contributed by atoms with Crippen LogP contribution < -0.4 is 5.73 Å². The molecule has 3 saturated heterocycles. The number of nitrogens with zero attached hydrogens (tertiary/aromatic N) is 2.